The zero-order chi connectivity index (χ0) is 19.1. The van der Waals surface area contributed by atoms with Gasteiger partial charge in [0, 0.05) is 35.0 Å². The van der Waals surface area contributed by atoms with Gasteiger partial charge < -0.3 is 20.0 Å². The van der Waals surface area contributed by atoms with Crippen molar-refractivity contribution in [3.63, 3.8) is 0 Å². The smallest absolute Gasteiger partial charge is 0.204 e. The fraction of sp³-hybridized carbons (Fsp3) is 0.286. The molecule has 1 aromatic heterocycles. The van der Waals surface area contributed by atoms with Crippen LogP contribution in [0.1, 0.15) is 13.8 Å². The summed E-state index contributed by atoms with van der Waals surface area (Å²) in [7, 11) is 0. The van der Waals surface area contributed by atoms with Crippen molar-refractivity contribution in [1.82, 2.24) is 9.97 Å². The van der Waals surface area contributed by atoms with Gasteiger partial charge in [-0.25, -0.2) is 4.98 Å². The Hall–Kier alpha value is -2.99. The largest absolute Gasteiger partial charge is 0.378 e. The van der Waals surface area contributed by atoms with E-state index in [4.69, 9.17) is 15.1 Å². The Morgan fingerprint density at radius 1 is 1.22 bits per heavy atom. The van der Waals surface area contributed by atoms with Crippen LogP contribution in [0.15, 0.2) is 24.3 Å². The molecule has 138 valence electrons. The maximum Gasteiger partial charge on any atom is 0.204 e. The molecule has 2 N–H and O–H groups in total. The van der Waals surface area contributed by atoms with Gasteiger partial charge in [0.25, 0.3) is 0 Å². The zero-order valence-electron chi connectivity index (χ0n) is 15.6. The minimum absolute atomic E-state index is 0.147. The topological polar surface area (TPSA) is 82.1 Å². The molecule has 0 bridgehead atoms. The number of carbonyl (C=O) groups is 1. The highest BCUT2D eigenvalue weighted by atomic mass is 16.5. The van der Waals surface area contributed by atoms with Crippen LogP contribution >= 0.6 is 0 Å². The third-order valence-electron chi connectivity index (χ3n) is 5.04. The van der Waals surface area contributed by atoms with Crippen LogP contribution in [-0.4, -0.2) is 47.8 Å². The molecule has 0 atom stereocenters. The first-order valence-corrected chi connectivity index (χ1v) is 9.02. The summed E-state index contributed by atoms with van der Waals surface area (Å²) in [4.78, 5) is 22.8. The summed E-state index contributed by atoms with van der Waals surface area (Å²) < 4.78 is 5.44. The van der Waals surface area contributed by atoms with E-state index < -0.39 is 0 Å². The summed E-state index contributed by atoms with van der Waals surface area (Å²) in [6.45, 7) is 10.2. The Morgan fingerprint density at radius 3 is 2.52 bits per heavy atom. The maximum absolute atomic E-state index is 12.4. The van der Waals surface area contributed by atoms with Crippen molar-refractivity contribution in [2.24, 2.45) is 0 Å². The lowest BCUT2D eigenvalue weighted by Crippen LogP contribution is -2.37. The van der Waals surface area contributed by atoms with E-state index in [-0.39, 0.29) is 11.5 Å². The predicted molar refractivity (Wildman–Crippen MR) is 109 cm³/mol. The van der Waals surface area contributed by atoms with Gasteiger partial charge in [-0.2, -0.15) is 0 Å². The second-order valence-corrected chi connectivity index (χ2v) is 6.84. The van der Waals surface area contributed by atoms with Gasteiger partial charge >= 0.3 is 0 Å². The molecule has 1 fully saturated rings. The van der Waals surface area contributed by atoms with Gasteiger partial charge in [-0.1, -0.05) is 30.8 Å². The van der Waals surface area contributed by atoms with E-state index in [1.54, 1.807) is 6.92 Å². The predicted octanol–water partition coefficient (Wildman–Crippen LogP) is 1.74. The lowest BCUT2D eigenvalue weighted by atomic mass is 9.98. The molecule has 6 nitrogen and oxygen atoms in total. The second-order valence-electron chi connectivity index (χ2n) is 6.84. The number of aromatic nitrogens is 2. The number of rotatable bonds is 3. The molecule has 2 aromatic carbocycles. The van der Waals surface area contributed by atoms with Gasteiger partial charge in [0.05, 0.1) is 24.2 Å². The quantitative estimate of drug-likeness (QED) is 0.696. The molecule has 0 spiro atoms. The van der Waals surface area contributed by atoms with Crippen LogP contribution in [-0.2, 0) is 9.53 Å². The first-order valence-electron chi connectivity index (χ1n) is 9.02. The molecule has 27 heavy (non-hydrogen) atoms. The highest BCUT2D eigenvalue weighted by Gasteiger charge is 2.19. The number of fused-ring (bicyclic) bond motifs is 3. The van der Waals surface area contributed by atoms with Gasteiger partial charge in [0.1, 0.15) is 0 Å². The van der Waals surface area contributed by atoms with E-state index in [1.165, 1.54) is 6.92 Å². The van der Waals surface area contributed by atoms with Crippen LogP contribution < -0.4 is 15.3 Å². The average molecular weight is 362 g/mol. The Labute approximate surface area is 156 Å². The highest BCUT2D eigenvalue weighted by molar-refractivity contribution is 6.41. The summed E-state index contributed by atoms with van der Waals surface area (Å²) in [5, 5.41) is 11.5. The molecule has 1 aliphatic heterocycles. The molecular weight excluding hydrogens is 340 g/mol. The van der Waals surface area contributed by atoms with Crippen molar-refractivity contribution < 1.29 is 9.53 Å². The van der Waals surface area contributed by atoms with Gasteiger partial charge in [-0.15, -0.1) is 0 Å². The third-order valence-corrected chi connectivity index (χ3v) is 5.04. The minimum atomic E-state index is -0.147. The lowest BCUT2D eigenvalue weighted by molar-refractivity contribution is -0.111. The molecule has 6 heteroatoms. The molecule has 0 radical (unpaired) electrons. The number of hydrogen-bond donors (Lipinski definition) is 2. The molecular formula is C21H22N4O2. The number of aromatic amines is 1. The summed E-state index contributed by atoms with van der Waals surface area (Å²) in [6.07, 6.45) is 0. The number of benzene rings is 2. The molecule has 1 aliphatic rings. The van der Waals surface area contributed by atoms with Crippen molar-refractivity contribution >= 4 is 51.4 Å². The second kappa shape index (κ2) is 6.63. The van der Waals surface area contributed by atoms with Gasteiger partial charge in [-0.3, -0.25) is 4.79 Å². The number of Topliss-reactive ketones (excluding diaryl/α,β-unsaturated/α-hetero) is 1. The molecule has 2 heterocycles. The summed E-state index contributed by atoms with van der Waals surface area (Å²) in [5.41, 5.74) is 2.17. The normalized spacial score (nSPS) is 16.0. The standard InChI is InChI=1S/C21H22N4O2/c1-12-15-6-4-5-7-16(15)19-20(17(12)18(13(2)22)14(3)26)24-21(23-19)25-8-10-27-11-9-25/h4-7,22H,1,8-11H2,2-3H3,(H,23,24). The molecule has 0 amide bonds. The van der Waals surface area contributed by atoms with Crippen LogP contribution in [0.3, 0.4) is 0 Å². The van der Waals surface area contributed by atoms with Crippen LogP contribution in [0.4, 0.5) is 5.95 Å². The Kier molecular flexibility index (Phi) is 4.28. The number of carbonyl (C=O) groups excluding carboxylic acids is 1. The van der Waals surface area contributed by atoms with Crippen molar-refractivity contribution in [2.75, 3.05) is 31.2 Å². The van der Waals surface area contributed by atoms with Crippen LogP contribution in [0.2, 0.25) is 0 Å². The van der Waals surface area contributed by atoms with E-state index in [0.717, 1.165) is 46.1 Å². The number of H-pyrrole nitrogens is 1. The number of hydrogen-bond acceptors (Lipinski definition) is 5. The summed E-state index contributed by atoms with van der Waals surface area (Å²) >= 11 is 0. The number of morpholine rings is 1. The molecule has 4 rings (SSSR count). The Bertz CT molecular complexity index is 1170. The number of nitrogens with zero attached hydrogens (tertiary/aromatic N) is 2. The van der Waals surface area contributed by atoms with E-state index in [2.05, 4.69) is 16.5 Å². The number of anilines is 1. The van der Waals surface area contributed by atoms with E-state index in [9.17, 15) is 4.79 Å². The number of imidazole rings is 1. The number of ketones is 1. The van der Waals surface area contributed by atoms with Crippen molar-refractivity contribution in [1.29, 1.82) is 5.41 Å². The SMILES string of the molecule is C=c1c(=C(C(C)=N)C(C)=O)c2[nH]c(N3CCOCC3)nc2c2ccccc12. The zero-order valence-corrected chi connectivity index (χ0v) is 15.6. The Morgan fingerprint density at radius 2 is 1.89 bits per heavy atom. The molecule has 0 saturated carbocycles. The first kappa shape index (κ1) is 17.4. The van der Waals surface area contributed by atoms with Gasteiger partial charge in [-0.05, 0) is 24.5 Å². The van der Waals surface area contributed by atoms with Gasteiger partial charge in [0.15, 0.2) is 5.78 Å². The molecule has 1 saturated heterocycles. The highest BCUT2D eigenvalue weighted by Crippen LogP contribution is 2.23. The maximum atomic E-state index is 12.4. The first-order chi connectivity index (χ1) is 13.0. The fourth-order valence-electron chi connectivity index (χ4n) is 3.80. The van der Waals surface area contributed by atoms with Crippen molar-refractivity contribution in [3.05, 3.63) is 34.7 Å². The third kappa shape index (κ3) is 2.82. The lowest BCUT2D eigenvalue weighted by Gasteiger charge is -2.26. The number of ether oxygens (including phenoxy) is 1. The Balaban J connectivity index is 2.18. The van der Waals surface area contributed by atoms with Crippen LogP contribution in [0.5, 0.6) is 0 Å². The van der Waals surface area contributed by atoms with E-state index in [1.807, 2.05) is 24.3 Å². The van der Waals surface area contributed by atoms with Crippen molar-refractivity contribution in [3.8, 4) is 0 Å². The van der Waals surface area contributed by atoms with Crippen LogP contribution in [0, 0.1) is 5.41 Å². The average Bonchev–Trinajstić information content (AvgIpc) is 3.10. The molecule has 0 aliphatic carbocycles. The minimum Gasteiger partial charge on any atom is -0.378 e. The summed E-state index contributed by atoms with van der Waals surface area (Å²) in [6, 6.07) is 7.93. The molecule has 0 unspecified atom stereocenters. The monoisotopic (exact) mass is 362 g/mol. The van der Waals surface area contributed by atoms with E-state index >= 15 is 0 Å². The van der Waals surface area contributed by atoms with Crippen LogP contribution in [0.25, 0.3) is 34.0 Å². The van der Waals surface area contributed by atoms with Gasteiger partial charge in [0.2, 0.25) is 5.95 Å². The van der Waals surface area contributed by atoms with Crippen molar-refractivity contribution in [2.45, 2.75) is 13.8 Å². The fourth-order valence-corrected chi connectivity index (χ4v) is 3.80. The molecule has 3 aromatic rings. The number of nitrogens with one attached hydrogen (secondary N) is 2. The summed E-state index contributed by atoms with van der Waals surface area (Å²) in [5.74, 6) is 0.613. The van der Waals surface area contributed by atoms with E-state index in [0.29, 0.717) is 24.0 Å².